The van der Waals surface area contributed by atoms with Crippen molar-refractivity contribution in [3.63, 3.8) is 0 Å². The molecule has 3 nitrogen and oxygen atoms in total. The van der Waals surface area contributed by atoms with Gasteiger partial charge >= 0.3 is 6.18 Å². The first kappa shape index (κ1) is 21.3. The van der Waals surface area contributed by atoms with Crippen LogP contribution in [0.3, 0.4) is 0 Å². The number of alkyl halides is 3. The first-order valence-corrected chi connectivity index (χ1v) is 9.80. The van der Waals surface area contributed by atoms with E-state index < -0.39 is 22.9 Å². The van der Waals surface area contributed by atoms with Crippen molar-refractivity contribution in [3.05, 3.63) is 98.3 Å². The summed E-state index contributed by atoms with van der Waals surface area (Å²) in [4.78, 5) is 12.9. The lowest BCUT2D eigenvalue weighted by molar-refractivity contribution is -0.152. The number of rotatable bonds is 4. The van der Waals surface area contributed by atoms with Gasteiger partial charge in [-0.1, -0.05) is 59.6 Å². The normalized spacial score (nSPS) is 11.6. The number of ether oxygens (including phenoxy) is 1. The molecule has 1 aromatic heterocycles. The van der Waals surface area contributed by atoms with Crippen LogP contribution >= 0.6 is 23.2 Å². The summed E-state index contributed by atoms with van der Waals surface area (Å²) >= 11 is 12.2. The summed E-state index contributed by atoms with van der Waals surface area (Å²) in [6.45, 7) is -0.0114. The first-order valence-electron chi connectivity index (χ1n) is 9.05. The molecular weight excluding hydrogens is 452 g/mol. The van der Waals surface area contributed by atoms with E-state index in [4.69, 9.17) is 32.4 Å². The Labute approximate surface area is 184 Å². The van der Waals surface area contributed by atoms with Gasteiger partial charge < -0.3 is 9.15 Å². The molecule has 0 atom stereocenters. The summed E-state index contributed by atoms with van der Waals surface area (Å²) in [5, 5.41) is 0.799. The Balaban J connectivity index is 1.79. The van der Waals surface area contributed by atoms with Gasteiger partial charge in [0.15, 0.2) is 0 Å². The number of hydrogen-bond acceptors (Lipinski definition) is 3. The molecule has 0 saturated carbocycles. The molecule has 0 bridgehead atoms. The molecule has 0 aliphatic carbocycles. The lowest BCUT2D eigenvalue weighted by Crippen LogP contribution is -2.16. The largest absolute Gasteiger partial charge is 0.489 e. The highest BCUT2D eigenvalue weighted by Gasteiger charge is 2.39. The molecular formula is C23H13Cl2F3O3. The van der Waals surface area contributed by atoms with E-state index in [0.717, 1.165) is 0 Å². The second-order valence-corrected chi connectivity index (χ2v) is 7.46. The van der Waals surface area contributed by atoms with Gasteiger partial charge in [0.1, 0.15) is 17.9 Å². The van der Waals surface area contributed by atoms with Crippen LogP contribution in [0.2, 0.25) is 10.0 Å². The fourth-order valence-corrected chi connectivity index (χ4v) is 3.66. The summed E-state index contributed by atoms with van der Waals surface area (Å²) in [6, 6.07) is 16.7. The van der Waals surface area contributed by atoms with Gasteiger partial charge in [0.05, 0.1) is 10.9 Å². The average molecular weight is 465 g/mol. The molecule has 0 N–H and O–H groups in total. The van der Waals surface area contributed by atoms with Gasteiger partial charge in [0.2, 0.25) is 11.2 Å². The average Bonchev–Trinajstić information content (AvgIpc) is 2.73. The van der Waals surface area contributed by atoms with Crippen molar-refractivity contribution in [3.8, 4) is 16.9 Å². The molecule has 8 heteroatoms. The molecule has 0 spiro atoms. The van der Waals surface area contributed by atoms with Gasteiger partial charge in [0, 0.05) is 21.7 Å². The predicted octanol–water partition coefficient (Wildman–Crippen LogP) is 7.36. The maximum atomic E-state index is 13.7. The number of halogens is 5. The molecule has 0 saturated heterocycles. The Hall–Kier alpha value is -2.96. The molecule has 1 heterocycles. The van der Waals surface area contributed by atoms with Crippen molar-refractivity contribution < 1.29 is 22.3 Å². The van der Waals surface area contributed by atoms with E-state index in [1.807, 2.05) is 0 Å². The molecule has 0 unspecified atom stereocenters. The van der Waals surface area contributed by atoms with E-state index in [-0.39, 0.29) is 28.9 Å². The Kier molecular flexibility index (Phi) is 5.69. The van der Waals surface area contributed by atoms with Crippen LogP contribution in [0.4, 0.5) is 13.2 Å². The SMILES string of the molecule is O=c1c(-c2ccccc2)c(C(F)(F)F)oc2cc(OCc3c(Cl)cccc3Cl)ccc12. The fourth-order valence-electron chi connectivity index (χ4n) is 3.16. The Morgan fingerprint density at radius 3 is 2.23 bits per heavy atom. The summed E-state index contributed by atoms with van der Waals surface area (Å²) in [5.41, 5.74) is -0.890. The minimum atomic E-state index is -4.86. The summed E-state index contributed by atoms with van der Waals surface area (Å²) in [6.07, 6.45) is -4.86. The molecule has 4 aromatic rings. The van der Waals surface area contributed by atoms with E-state index >= 15 is 0 Å². The zero-order valence-corrected chi connectivity index (χ0v) is 17.2. The van der Waals surface area contributed by atoms with E-state index in [0.29, 0.717) is 15.6 Å². The minimum absolute atomic E-state index is 0.00924. The monoisotopic (exact) mass is 464 g/mol. The summed E-state index contributed by atoms with van der Waals surface area (Å²) in [5.74, 6) is -1.16. The number of hydrogen-bond donors (Lipinski definition) is 0. The van der Waals surface area contributed by atoms with Crippen molar-refractivity contribution in [1.29, 1.82) is 0 Å². The smallest absolute Gasteiger partial charge is 0.450 e. The topological polar surface area (TPSA) is 39.4 Å². The highest BCUT2D eigenvalue weighted by atomic mass is 35.5. The molecule has 3 aromatic carbocycles. The summed E-state index contributed by atoms with van der Waals surface area (Å²) in [7, 11) is 0. The molecule has 31 heavy (non-hydrogen) atoms. The molecule has 158 valence electrons. The van der Waals surface area contributed by atoms with E-state index in [2.05, 4.69) is 0 Å². The maximum absolute atomic E-state index is 13.7. The van der Waals surface area contributed by atoms with Crippen LogP contribution in [0, 0.1) is 0 Å². The van der Waals surface area contributed by atoms with Crippen molar-refractivity contribution in [2.45, 2.75) is 12.8 Å². The van der Waals surface area contributed by atoms with Crippen molar-refractivity contribution in [1.82, 2.24) is 0 Å². The van der Waals surface area contributed by atoms with Crippen LogP contribution < -0.4 is 10.2 Å². The highest BCUT2D eigenvalue weighted by molar-refractivity contribution is 6.35. The van der Waals surface area contributed by atoms with Crippen LogP contribution in [-0.2, 0) is 12.8 Å². The molecule has 0 fully saturated rings. The van der Waals surface area contributed by atoms with Gasteiger partial charge in [-0.2, -0.15) is 13.2 Å². The van der Waals surface area contributed by atoms with Gasteiger partial charge in [-0.05, 0) is 29.8 Å². The van der Waals surface area contributed by atoms with Crippen LogP contribution in [0.5, 0.6) is 5.75 Å². The zero-order valence-electron chi connectivity index (χ0n) is 15.7. The van der Waals surface area contributed by atoms with Crippen molar-refractivity contribution >= 4 is 34.2 Å². The number of benzene rings is 3. The van der Waals surface area contributed by atoms with Gasteiger partial charge in [-0.15, -0.1) is 0 Å². The third-order valence-electron chi connectivity index (χ3n) is 4.63. The first-order chi connectivity index (χ1) is 14.8. The molecule has 4 rings (SSSR count). The maximum Gasteiger partial charge on any atom is 0.450 e. The standard InChI is InChI=1S/C23H13Cl2F3O3/c24-17-7-4-8-18(25)16(17)12-30-14-9-10-15-19(11-14)31-22(23(26,27)28)20(21(15)29)13-5-2-1-3-6-13/h1-11H,12H2. The van der Waals surface area contributed by atoms with Gasteiger partial charge in [-0.25, -0.2) is 0 Å². The Bertz CT molecular complexity index is 1300. The molecule has 0 radical (unpaired) electrons. The van der Waals surface area contributed by atoms with Crippen LogP contribution in [0.1, 0.15) is 11.3 Å². The lowest BCUT2D eigenvalue weighted by Gasteiger charge is -2.14. The van der Waals surface area contributed by atoms with Gasteiger partial charge in [0.25, 0.3) is 0 Å². The number of fused-ring (bicyclic) bond motifs is 1. The van der Waals surface area contributed by atoms with E-state index in [9.17, 15) is 18.0 Å². The Morgan fingerprint density at radius 2 is 1.58 bits per heavy atom. The van der Waals surface area contributed by atoms with Gasteiger partial charge in [-0.3, -0.25) is 4.79 Å². The molecule has 0 amide bonds. The Morgan fingerprint density at radius 1 is 0.903 bits per heavy atom. The second-order valence-electron chi connectivity index (χ2n) is 6.65. The van der Waals surface area contributed by atoms with Crippen LogP contribution in [-0.4, -0.2) is 0 Å². The second kappa shape index (κ2) is 8.29. The minimum Gasteiger partial charge on any atom is -0.489 e. The van der Waals surface area contributed by atoms with E-state index in [1.165, 1.54) is 30.3 Å². The third kappa shape index (κ3) is 4.27. The fraction of sp³-hybridized carbons (Fsp3) is 0.0870. The van der Waals surface area contributed by atoms with E-state index in [1.54, 1.807) is 36.4 Å². The summed E-state index contributed by atoms with van der Waals surface area (Å²) < 4.78 is 51.9. The third-order valence-corrected chi connectivity index (χ3v) is 5.34. The molecule has 0 aliphatic heterocycles. The highest BCUT2D eigenvalue weighted by Crippen LogP contribution is 2.38. The molecule has 0 aliphatic rings. The van der Waals surface area contributed by atoms with Crippen LogP contribution in [0.25, 0.3) is 22.1 Å². The van der Waals surface area contributed by atoms with Crippen molar-refractivity contribution in [2.75, 3.05) is 0 Å². The lowest BCUT2D eigenvalue weighted by atomic mass is 10.0. The zero-order chi connectivity index (χ0) is 22.2. The van der Waals surface area contributed by atoms with Crippen LogP contribution in [0.15, 0.2) is 75.9 Å². The van der Waals surface area contributed by atoms with Crippen molar-refractivity contribution in [2.24, 2.45) is 0 Å². The quantitative estimate of drug-likeness (QED) is 0.316. The predicted molar refractivity (Wildman–Crippen MR) is 114 cm³/mol.